The third-order valence-corrected chi connectivity index (χ3v) is 11.3. The van der Waals surface area contributed by atoms with E-state index in [2.05, 4.69) is 25.1 Å². The number of nitrogens with zero attached hydrogens (tertiary/aromatic N) is 3. The molecular formula is C39H40Cl2N6O4S. The molecule has 3 heterocycles. The van der Waals surface area contributed by atoms with Crippen molar-refractivity contribution >= 4 is 55.9 Å². The number of aryl methyl sites for hydroxylation is 5. The van der Waals surface area contributed by atoms with Crippen LogP contribution in [0.3, 0.4) is 0 Å². The highest BCUT2D eigenvalue weighted by Crippen LogP contribution is 2.40. The zero-order valence-corrected chi connectivity index (χ0v) is 31.9. The van der Waals surface area contributed by atoms with E-state index in [1.807, 2.05) is 83.3 Å². The van der Waals surface area contributed by atoms with Gasteiger partial charge in [-0.15, -0.1) is 0 Å². The predicted molar refractivity (Wildman–Crippen MR) is 207 cm³/mol. The van der Waals surface area contributed by atoms with Crippen molar-refractivity contribution in [3.05, 3.63) is 122 Å². The number of benzene rings is 3. The van der Waals surface area contributed by atoms with E-state index >= 15 is 0 Å². The zero-order chi connectivity index (χ0) is 37.2. The quantitative estimate of drug-likeness (QED) is 0.101. The van der Waals surface area contributed by atoms with Crippen molar-refractivity contribution in [2.75, 3.05) is 18.5 Å². The largest absolute Gasteiger partial charge is 0.494 e. The number of aromatic nitrogens is 4. The molecule has 0 radical (unpaired) electrons. The summed E-state index contributed by atoms with van der Waals surface area (Å²) in [6.07, 6.45) is 3.07. The summed E-state index contributed by atoms with van der Waals surface area (Å²) in [6.45, 7) is 8.61. The maximum absolute atomic E-state index is 14.0. The second-order valence-corrected chi connectivity index (χ2v) is 15.3. The van der Waals surface area contributed by atoms with Crippen LogP contribution < -0.4 is 14.8 Å². The molecule has 3 aromatic heterocycles. The molecule has 0 aliphatic rings. The molecule has 0 fully saturated rings. The Balaban J connectivity index is 1.29. The van der Waals surface area contributed by atoms with Gasteiger partial charge in [0.2, 0.25) is 0 Å². The van der Waals surface area contributed by atoms with Crippen LogP contribution in [0.15, 0.2) is 77.8 Å². The molecule has 52 heavy (non-hydrogen) atoms. The van der Waals surface area contributed by atoms with Crippen LogP contribution in [0.25, 0.3) is 22.0 Å². The number of anilines is 1. The molecule has 3 aromatic carbocycles. The summed E-state index contributed by atoms with van der Waals surface area (Å²) in [4.78, 5) is 21.5. The number of halogens is 2. The highest BCUT2D eigenvalue weighted by Gasteiger charge is 2.27. The molecule has 0 unspecified atom stereocenters. The average Bonchev–Trinajstić information content (AvgIpc) is 3.60. The van der Waals surface area contributed by atoms with Gasteiger partial charge in [-0.3, -0.25) is 9.48 Å². The number of carbonyl (C=O) groups excluding carboxylic acids is 1. The number of aromatic amines is 1. The molecule has 10 nitrogen and oxygen atoms in total. The van der Waals surface area contributed by atoms with Gasteiger partial charge in [0.25, 0.3) is 15.9 Å². The molecule has 0 bridgehead atoms. The third-order valence-electron chi connectivity index (χ3n) is 9.10. The van der Waals surface area contributed by atoms with Crippen molar-refractivity contribution < 1.29 is 17.9 Å². The Hall–Kier alpha value is -4.84. The summed E-state index contributed by atoms with van der Waals surface area (Å²) in [7, 11) is -2.43. The Morgan fingerprint density at radius 3 is 2.37 bits per heavy atom. The van der Waals surface area contributed by atoms with E-state index < -0.39 is 15.9 Å². The Labute approximate surface area is 313 Å². The molecule has 0 spiro atoms. The van der Waals surface area contributed by atoms with E-state index in [0.717, 1.165) is 45.4 Å². The average molecular weight is 760 g/mol. The van der Waals surface area contributed by atoms with Gasteiger partial charge in [0.1, 0.15) is 17.3 Å². The lowest BCUT2D eigenvalue weighted by Gasteiger charge is -2.11. The van der Waals surface area contributed by atoms with Gasteiger partial charge in [-0.1, -0.05) is 59.6 Å². The monoisotopic (exact) mass is 758 g/mol. The van der Waals surface area contributed by atoms with Crippen LogP contribution in [0, 0.1) is 27.7 Å². The number of carbonyl (C=O) groups is 1. The molecule has 0 saturated heterocycles. The summed E-state index contributed by atoms with van der Waals surface area (Å²) in [5, 5.41) is 9.67. The number of hydrogen-bond donors (Lipinski definition) is 3. The summed E-state index contributed by atoms with van der Waals surface area (Å²) in [6, 6.07) is 20.1. The second-order valence-electron chi connectivity index (χ2n) is 12.8. The van der Waals surface area contributed by atoms with E-state index in [-0.39, 0.29) is 10.6 Å². The minimum atomic E-state index is -4.29. The van der Waals surface area contributed by atoms with Crippen LogP contribution >= 0.6 is 23.2 Å². The Morgan fingerprint density at radius 1 is 0.942 bits per heavy atom. The number of pyridine rings is 1. The number of amides is 1. The van der Waals surface area contributed by atoms with Crippen molar-refractivity contribution in [2.45, 2.75) is 51.9 Å². The van der Waals surface area contributed by atoms with Gasteiger partial charge in [-0.2, -0.15) is 5.10 Å². The first-order valence-electron chi connectivity index (χ1n) is 16.9. The molecule has 0 atom stereocenters. The van der Waals surface area contributed by atoms with Gasteiger partial charge >= 0.3 is 0 Å². The topological polar surface area (TPSA) is 131 Å². The first-order valence-corrected chi connectivity index (χ1v) is 19.1. The Morgan fingerprint density at radius 2 is 1.67 bits per heavy atom. The van der Waals surface area contributed by atoms with Crippen molar-refractivity contribution in [2.24, 2.45) is 7.05 Å². The van der Waals surface area contributed by atoms with Crippen LogP contribution in [0.1, 0.15) is 50.6 Å². The summed E-state index contributed by atoms with van der Waals surface area (Å²) < 4.78 is 37.5. The van der Waals surface area contributed by atoms with E-state index in [4.69, 9.17) is 27.9 Å². The zero-order valence-electron chi connectivity index (χ0n) is 29.6. The number of H-pyrrole nitrogens is 1. The highest BCUT2D eigenvalue weighted by atomic mass is 35.5. The molecule has 3 N–H and O–H groups in total. The molecular weight excluding hydrogens is 719 g/mol. The SMILES string of the molecule is Cc1cc(OCCCc2c(C(=O)NS(=O)(=O)c3ccnc(NCCc4ccccc4)c3)[nH]c3c(-c4c(C)nn(C)c4C)c(Cl)ccc23)cc(C)c1Cl. The first-order chi connectivity index (χ1) is 24.8. The molecule has 6 aromatic rings. The number of nitrogens with one attached hydrogen (secondary N) is 3. The van der Waals surface area contributed by atoms with Gasteiger partial charge in [-0.25, -0.2) is 18.1 Å². The van der Waals surface area contributed by atoms with Crippen molar-refractivity contribution in [3.63, 3.8) is 0 Å². The Bertz CT molecular complexity index is 2370. The second kappa shape index (κ2) is 15.4. The number of ether oxygens (including phenoxy) is 1. The number of hydrogen-bond acceptors (Lipinski definition) is 7. The molecule has 6 rings (SSSR count). The van der Waals surface area contributed by atoms with E-state index in [1.165, 1.54) is 18.3 Å². The first kappa shape index (κ1) is 36.9. The number of sulfonamides is 1. The van der Waals surface area contributed by atoms with Crippen LogP contribution in [-0.4, -0.2) is 47.2 Å². The van der Waals surface area contributed by atoms with Crippen LogP contribution in [0.4, 0.5) is 5.82 Å². The van der Waals surface area contributed by atoms with Crippen LogP contribution in [-0.2, 0) is 29.9 Å². The number of fused-ring (bicyclic) bond motifs is 1. The predicted octanol–water partition coefficient (Wildman–Crippen LogP) is 8.29. The van der Waals surface area contributed by atoms with Crippen molar-refractivity contribution in [1.82, 2.24) is 24.5 Å². The fourth-order valence-electron chi connectivity index (χ4n) is 6.44. The summed E-state index contributed by atoms with van der Waals surface area (Å²) in [5.74, 6) is 0.281. The highest BCUT2D eigenvalue weighted by molar-refractivity contribution is 7.90. The van der Waals surface area contributed by atoms with Crippen molar-refractivity contribution in [1.29, 1.82) is 0 Å². The minimum absolute atomic E-state index is 0.0944. The number of rotatable bonds is 13. The maximum Gasteiger partial charge on any atom is 0.281 e. The van der Waals surface area contributed by atoms with Gasteiger partial charge < -0.3 is 15.0 Å². The standard InChI is InChI=1S/C39H40Cl2N6O4S/c1-23-20-28(21-24(2)36(23)41)51-19-9-12-30-31-13-14-32(40)35(34-25(3)45-47(5)26(34)4)37(31)44-38(30)39(48)46-52(49,50)29-16-18-43-33(22-29)42-17-15-27-10-7-6-8-11-27/h6-8,10-11,13-14,16,18,20-22,44H,9,12,15,17,19H2,1-5H3,(H,42,43)(H,46,48). The summed E-state index contributed by atoms with van der Waals surface area (Å²) >= 11 is 13.2. The minimum Gasteiger partial charge on any atom is -0.494 e. The summed E-state index contributed by atoms with van der Waals surface area (Å²) in [5.41, 5.74) is 7.55. The molecule has 0 saturated carbocycles. The van der Waals surface area contributed by atoms with Gasteiger partial charge in [0.05, 0.1) is 27.7 Å². The normalized spacial score (nSPS) is 11.6. The van der Waals surface area contributed by atoms with E-state index in [9.17, 15) is 13.2 Å². The fourth-order valence-corrected chi connectivity index (χ4v) is 7.77. The molecule has 1 amide bonds. The van der Waals surface area contributed by atoms with E-state index in [1.54, 1.807) is 10.7 Å². The maximum atomic E-state index is 14.0. The van der Waals surface area contributed by atoms with Crippen LogP contribution in [0.2, 0.25) is 10.0 Å². The molecule has 0 aliphatic heterocycles. The molecule has 13 heteroatoms. The molecule has 270 valence electrons. The smallest absolute Gasteiger partial charge is 0.281 e. The van der Waals surface area contributed by atoms with Gasteiger partial charge in [0, 0.05) is 53.1 Å². The van der Waals surface area contributed by atoms with Crippen LogP contribution in [0.5, 0.6) is 5.75 Å². The van der Waals surface area contributed by atoms with Crippen molar-refractivity contribution in [3.8, 4) is 16.9 Å². The lowest BCUT2D eigenvalue weighted by Crippen LogP contribution is -2.31. The molecule has 0 aliphatic carbocycles. The third kappa shape index (κ3) is 7.81. The lowest BCUT2D eigenvalue weighted by molar-refractivity contribution is 0.0976. The lowest BCUT2D eigenvalue weighted by atomic mass is 9.98. The van der Waals surface area contributed by atoms with Gasteiger partial charge in [-0.05, 0) is 93.5 Å². The van der Waals surface area contributed by atoms with Gasteiger partial charge in [0.15, 0.2) is 0 Å². The fraction of sp³-hybridized carbons (Fsp3) is 0.256. The Kier molecular flexibility index (Phi) is 10.9. The van der Waals surface area contributed by atoms with E-state index in [0.29, 0.717) is 64.2 Å².